The third-order valence-electron chi connectivity index (χ3n) is 5.25. The number of amides is 2. The lowest BCUT2D eigenvalue weighted by Crippen LogP contribution is -2.52. The fraction of sp³-hybridized carbons (Fsp3) is 0.684. The fourth-order valence-electron chi connectivity index (χ4n) is 3.91. The predicted octanol–water partition coefficient (Wildman–Crippen LogP) is 2.07. The third kappa shape index (κ3) is 5.05. The van der Waals surface area contributed by atoms with Gasteiger partial charge in [0.1, 0.15) is 0 Å². The quantitative estimate of drug-likeness (QED) is 0.769. The normalized spacial score (nSPS) is 21.7. The molecule has 7 heteroatoms. The number of hydrogen-bond acceptors (Lipinski definition) is 5. The summed E-state index contributed by atoms with van der Waals surface area (Å²) in [7, 11) is 0. The summed E-state index contributed by atoms with van der Waals surface area (Å²) in [5.74, 6) is -1.03. The molecular formula is C19H29N3O3S. The summed E-state index contributed by atoms with van der Waals surface area (Å²) in [6.45, 7) is 5.04. The van der Waals surface area contributed by atoms with Crippen LogP contribution in [0.3, 0.4) is 0 Å². The van der Waals surface area contributed by atoms with E-state index >= 15 is 0 Å². The molecule has 2 heterocycles. The Balaban J connectivity index is 1.60. The molecule has 144 valence electrons. The molecule has 0 bridgehead atoms. The van der Waals surface area contributed by atoms with Crippen LogP contribution in [0.5, 0.6) is 0 Å². The zero-order valence-electron chi connectivity index (χ0n) is 15.4. The summed E-state index contributed by atoms with van der Waals surface area (Å²) in [6, 6.07) is 4.17. The van der Waals surface area contributed by atoms with Crippen molar-refractivity contribution in [3.8, 4) is 0 Å². The topological polar surface area (TPSA) is 70.7 Å². The van der Waals surface area contributed by atoms with Gasteiger partial charge in [-0.2, -0.15) is 0 Å². The van der Waals surface area contributed by atoms with Crippen LogP contribution in [0.4, 0.5) is 0 Å². The van der Waals surface area contributed by atoms with Gasteiger partial charge in [0.15, 0.2) is 0 Å². The van der Waals surface area contributed by atoms with E-state index in [1.54, 1.807) is 11.3 Å². The maximum atomic E-state index is 12.4. The Morgan fingerprint density at radius 1 is 1.19 bits per heavy atom. The second-order valence-electron chi connectivity index (χ2n) is 7.18. The molecule has 1 saturated heterocycles. The summed E-state index contributed by atoms with van der Waals surface area (Å²) in [6.07, 6.45) is 5.42. The number of carbonyl (C=O) groups excluding carboxylic acids is 2. The number of nitrogens with one attached hydrogen (secondary N) is 2. The average molecular weight is 380 g/mol. The predicted molar refractivity (Wildman–Crippen MR) is 102 cm³/mol. The van der Waals surface area contributed by atoms with E-state index in [1.807, 2.05) is 18.4 Å². The van der Waals surface area contributed by atoms with Crippen LogP contribution in [0.2, 0.25) is 0 Å². The van der Waals surface area contributed by atoms with Crippen LogP contribution in [-0.2, 0) is 14.3 Å². The van der Waals surface area contributed by atoms with Gasteiger partial charge < -0.3 is 15.4 Å². The zero-order valence-corrected chi connectivity index (χ0v) is 16.2. The number of rotatable bonds is 5. The molecule has 2 unspecified atom stereocenters. The molecule has 2 fully saturated rings. The molecule has 26 heavy (non-hydrogen) atoms. The van der Waals surface area contributed by atoms with E-state index in [2.05, 4.69) is 21.6 Å². The minimum absolute atomic E-state index is 0.0605. The highest BCUT2D eigenvalue weighted by Gasteiger charge is 2.31. The molecule has 1 saturated carbocycles. The molecule has 2 amide bonds. The van der Waals surface area contributed by atoms with Gasteiger partial charge in [-0.1, -0.05) is 25.3 Å². The molecule has 0 radical (unpaired) electrons. The van der Waals surface area contributed by atoms with Crippen molar-refractivity contribution in [3.05, 3.63) is 22.4 Å². The van der Waals surface area contributed by atoms with E-state index in [0.717, 1.165) is 38.8 Å². The van der Waals surface area contributed by atoms with E-state index in [4.69, 9.17) is 4.74 Å². The zero-order chi connectivity index (χ0) is 18.4. The van der Waals surface area contributed by atoms with Gasteiger partial charge in [0.25, 0.3) is 0 Å². The average Bonchev–Trinajstić information content (AvgIpc) is 3.17. The Bertz CT molecular complexity index is 581. The summed E-state index contributed by atoms with van der Waals surface area (Å²) < 4.78 is 5.46. The maximum absolute atomic E-state index is 12.4. The number of hydrogen-bond donors (Lipinski definition) is 2. The van der Waals surface area contributed by atoms with Gasteiger partial charge in [-0.3, -0.25) is 14.5 Å². The van der Waals surface area contributed by atoms with Crippen molar-refractivity contribution < 1.29 is 14.3 Å². The second-order valence-corrected chi connectivity index (χ2v) is 8.16. The lowest BCUT2D eigenvalue weighted by Gasteiger charge is -2.37. The first kappa shape index (κ1) is 19.3. The Kier molecular flexibility index (Phi) is 7.05. The van der Waals surface area contributed by atoms with Gasteiger partial charge in [-0.25, -0.2) is 0 Å². The molecular weight excluding hydrogens is 350 g/mol. The number of thiophene rings is 1. The van der Waals surface area contributed by atoms with Crippen molar-refractivity contribution in [2.45, 2.75) is 57.2 Å². The highest BCUT2D eigenvalue weighted by Crippen LogP contribution is 2.29. The van der Waals surface area contributed by atoms with Crippen LogP contribution in [0.15, 0.2) is 17.5 Å². The fourth-order valence-corrected chi connectivity index (χ4v) is 4.87. The van der Waals surface area contributed by atoms with Crippen molar-refractivity contribution in [2.75, 3.05) is 26.3 Å². The molecule has 1 aromatic heterocycles. The molecule has 1 aromatic rings. The van der Waals surface area contributed by atoms with E-state index < -0.39 is 11.8 Å². The second kappa shape index (κ2) is 9.48. The highest BCUT2D eigenvalue weighted by molar-refractivity contribution is 7.10. The SMILES string of the molecule is CC(NC(=O)C(=O)NC1CCCCC1)C(c1cccs1)N1CCOCC1. The molecule has 3 rings (SSSR count). The van der Waals surface area contributed by atoms with Crippen molar-refractivity contribution in [2.24, 2.45) is 0 Å². The molecule has 2 N–H and O–H groups in total. The number of nitrogens with zero attached hydrogens (tertiary/aromatic N) is 1. The van der Waals surface area contributed by atoms with E-state index in [0.29, 0.717) is 13.2 Å². The Morgan fingerprint density at radius 3 is 2.58 bits per heavy atom. The van der Waals surface area contributed by atoms with Gasteiger partial charge in [-0.05, 0) is 31.2 Å². The lowest BCUT2D eigenvalue weighted by molar-refractivity contribution is -0.140. The molecule has 1 aliphatic heterocycles. The summed E-state index contributed by atoms with van der Waals surface area (Å²) in [5.41, 5.74) is 0. The van der Waals surface area contributed by atoms with Crippen LogP contribution in [0.1, 0.15) is 49.9 Å². The maximum Gasteiger partial charge on any atom is 0.309 e. The molecule has 0 aromatic carbocycles. The van der Waals surface area contributed by atoms with Gasteiger partial charge in [-0.15, -0.1) is 11.3 Å². The first-order valence-electron chi connectivity index (χ1n) is 9.61. The van der Waals surface area contributed by atoms with Crippen molar-refractivity contribution in [3.63, 3.8) is 0 Å². The van der Waals surface area contributed by atoms with Crippen LogP contribution < -0.4 is 10.6 Å². The molecule has 6 nitrogen and oxygen atoms in total. The first-order valence-corrected chi connectivity index (χ1v) is 10.5. The van der Waals surface area contributed by atoms with E-state index in [-0.39, 0.29) is 18.1 Å². The van der Waals surface area contributed by atoms with E-state index in [1.165, 1.54) is 11.3 Å². The van der Waals surface area contributed by atoms with Gasteiger partial charge in [0, 0.05) is 30.1 Å². The minimum atomic E-state index is -0.530. The molecule has 1 aliphatic carbocycles. The van der Waals surface area contributed by atoms with Gasteiger partial charge >= 0.3 is 11.8 Å². The van der Waals surface area contributed by atoms with E-state index in [9.17, 15) is 9.59 Å². The summed E-state index contributed by atoms with van der Waals surface area (Å²) >= 11 is 1.68. The third-order valence-corrected chi connectivity index (χ3v) is 6.20. The van der Waals surface area contributed by atoms with Crippen LogP contribution in [-0.4, -0.2) is 55.1 Å². The largest absolute Gasteiger partial charge is 0.379 e. The van der Waals surface area contributed by atoms with Crippen LogP contribution in [0.25, 0.3) is 0 Å². The standard InChI is InChI=1S/C19H29N3O3S/c1-14(20-18(23)19(24)21-15-6-3-2-4-7-15)17(16-8-5-13-26-16)22-9-11-25-12-10-22/h5,8,13-15,17H,2-4,6-7,9-12H2,1H3,(H,20,23)(H,21,24). The number of morpholine rings is 1. The highest BCUT2D eigenvalue weighted by atomic mass is 32.1. The first-order chi connectivity index (χ1) is 12.6. The monoisotopic (exact) mass is 379 g/mol. The van der Waals surface area contributed by atoms with Crippen LogP contribution in [0, 0.1) is 0 Å². The lowest BCUT2D eigenvalue weighted by atomic mass is 9.95. The Labute approximate surface area is 159 Å². The number of ether oxygens (including phenoxy) is 1. The molecule has 2 aliphatic rings. The van der Waals surface area contributed by atoms with Crippen molar-refractivity contribution >= 4 is 23.2 Å². The molecule has 2 atom stereocenters. The van der Waals surface area contributed by atoms with Gasteiger partial charge in [0.2, 0.25) is 0 Å². The van der Waals surface area contributed by atoms with Crippen molar-refractivity contribution in [1.29, 1.82) is 0 Å². The number of carbonyl (C=O) groups is 2. The molecule has 0 spiro atoms. The minimum Gasteiger partial charge on any atom is -0.379 e. The Hall–Kier alpha value is -1.44. The summed E-state index contributed by atoms with van der Waals surface area (Å²) in [5, 5.41) is 7.87. The van der Waals surface area contributed by atoms with Crippen molar-refractivity contribution in [1.82, 2.24) is 15.5 Å². The van der Waals surface area contributed by atoms with Gasteiger partial charge in [0.05, 0.1) is 19.3 Å². The van der Waals surface area contributed by atoms with Crippen LogP contribution >= 0.6 is 11.3 Å². The Morgan fingerprint density at radius 2 is 1.92 bits per heavy atom. The summed E-state index contributed by atoms with van der Waals surface area (Å²) in [4.78, 5) is 28.2. The smallest absolute Gasteiger partial charge is 0.309 e.